The van der Waals surface area contributed by atoms with Crippen molar-refractivity contribution >= 4 is 17.3 Å². The minimum absolute atomic E-state index is 0.0744. The fourth-order valence-corrected chi connectivity index (χ4v) is 2.73. The minimum Gasteiger partial charge on any atom is -0.494 e. The SMILES string of the molecule is CCc1cccc(C)c1NCC(=O)Nc1cccc(OCCC(C)C)c1. The zero-order chi connectivity index (χ0) is 18.9. The Bertz CT molecular complexity index is 726. The molecule has 0 unspecified atom stereocenters. The number of anilines is 2. The van der Waals surface area contributed by atoms with E-state index in [2.05, 4.69) is 50.5 Å². The topological polar surface area (TPSA) is 50.4 Å². The van der Waals surface area contributed by atoms with E-state index >= 15 is 0 Å². The molecule has 2 aromatic rings. The molecule has 140 valence electrons. The summed E-state index contributed by atoms with van der Waals surface area (Å²) in [6, 6.07) is 13.7. The standard InChI is InChI=1S/C22H30N2O2/c1-5-18-9-6-8-17(4)22(18)23-15-21(25)24-19-10-7-11-20(14-19)26-13-12-16(2)3/h6-11,14,16,23H,5,12-13,15H2,1-4H3,(H,24,25). The Labute approximate surface area is 157 Å². The second kappa shape index (κ2) is 9.85. The summed E-state index contributed by atoms with van der Waals surface area (Å²) in [6.07, 6.45) is 1.94. The van der Waals surface area contributed by atoms with Gasteiger partial charge in [0.2, 0.25) is 5.91 Å². The van der Waals surface area contributed by atoms with Crippen LogP contribution in [-0.2, 0) is 11.2 Å². The van der Waals surface area contributed by atoms with Crippen molar-refractivity contribution in [2.75, 3.05) is 23.8 Å². The van der Waals surface area contributed by atoms with Crippen molar-refractivity contribution in [2.45, 2.75) is 40.5 Å². The normalized spacial score (nSPS) is 10.7. The molecule has 0 aliphatic carbocycles. The first-order valence-electron chi connectivity index (χ1n) is 9.34. The van der Waals surface area contributed by atoms with Gasteiger partial charge in [0.25, 0.3) is 0 Å². The van der Waals surface area contributed by atoms with Crippen LogP contribution in [0.25, 0.3) is 0 Å². The van der Waals surface area contributed by atoms with E-state index in [1.165, 1.54) is 5.56 Å². The third kappa shape index (κ3) is 6.10. The lowest BCUT2D eigenvalue weighted by atomic mass is 10.1. The lowest BCUT2D eigenvalue weighted by molar-refractivity contribution is -0.114. The summed E-state index contributed by atoms with van der Waals surface area (Å²) in [5.41, 5.74) is 4.17. The van der Waals surface area contributed by atoms with Crippen LogP contribution in [0.1, 0.15) is 38.3 Å². The monoisotopic (exact) mass is 354 g/mol. The maximum Gasteiger partial charge on any atom is 0.243 e. The highest BCUT2D eigenvalue weighted by atomic mass is 16.5. The molecular weight excluding hydrogens is 324 g/mol. The number of benzene rings is 2. The van der Waals surface area contributed by atoms with Crippen LogP contribution in [-0.4, -0.2) is 19.1 Å². The van der Waals surface area contributed by atoms with Crippen LogP contribution in [0.4, 0.5) is 11.4 Å². The van der Waals surface area contributed by atoms with E-state index in [4.69, 9.17) is 4.74 Å². The molecule has 0 saturated carbocycles. The number of amides is 1. The van der Waals surface area contributed by atoms with Crippen molar-refractivity contribution < 1.29 is 9.53 Å². The second-order valence-electron chi connectivity index (χ2n) is 6.92. The number of rotatable bonds is 9. The number of hydrogen-bond donors (Lipinski definition) is 2. The zero-order valence-corrected chi connectivity index (χ0v) is 16.3. The van der Waals surface area contributed by atoms with Gasteiger partial charge in [-0.1, -0.05) is 45.0 Å². The van der Waals surface area contributed by atoms with Gasteiger partial charge >= 0.3 is 0 Å². The molecule has 0 aliphatic rings. The Hall–Kier alpha value is -2.49. The van der Waals surface area contributed by atoms with Gasteiger partial charge in [0.05, 0.1) is 13.2 Å². The van der Waals surface area contributed by atoms with Gasteiger partial charge in [-0.25, -0.2) is 0 Å². The predicted molar refractivity (Wildman–Crippen MR) is 109 cm³/mol. The summed E-state index contributed by atoms with van der Waals surface area (Å²) >= 11 is 0. The summed E-state index contributed by atoms with van der Waals surface area (Å²) < 4.78 is 5.75. The summed E-state index contributed by atoms with van der Waals surface area (Å²) in [6.45, 7) is 9.43. The second-order valence-corrected chi connectivity index (χ2v) is 6.92. The van der Waals surface area contributed by atoms with Crippen molar-refractivity contribution in [2.24, 2.45) is 5.92 Å². The Morgan fingerprint density at radius 2 is 1.92 bits per heavy atom. The molecule has 0 heterocycles. The number of hydrogen-bond acceptors (Lipinski definition) is 3. The van der Waals surface area contributed by atoms with E-state index in [-0.39, 0.29) is 12.5 Å². The van der Waals surface area contributed by atoms with Gasteiger partial charge in [-0.05, 0) is 48.9 Å². The van der Waals surface area contributed by atoms with Gasteiger partial charge in [-0.3, -0.25) is 4.79 Å². The van der Waals surface area contributed by atoms with E-state index < -0.39 is 0 Å². The van der Waals surface area contributed by atoms with Crippen molar-refractivity contribution in [1.82, 2.24) is 0 Å². The third-order valence-electron chi connectivity index (χ3n) is 4.25. The smallest absolute Gasteiger partial charge is 0.243 e. The van der Waals surface area contributed by atoms with Crippen LogP contribution in [0, 0.1) is 12.8 Å². The summed E-state index contributed by atoms with van der Waals surface area (Å²) in [5, 5.41) is 6.20. The zero-order valence-electron chi connectivity index (χ0n) is 16.3. The molecule has 0 atom stereocenters. The maximum absolute atomic E-state index is 12.3. The van der Waals surface area contributed by atoms with E-state index in [9.17, 15) is 4.79 Å². The van der Waals surface area contributed by atoms with Crippen LogP contribution in [0.5, 0.6) is 5.75 Å². The highest BCUT2D eigenvalue weighted by Gasteiger charge is 2.07. The van der Waals surface area contributed by atoms with Crippen LogP contribution in [0.15, 0.2) is 42.5 Å². The van der Waals surface area contributed by atoms with Crippen LogP contribution in [0.3, 0.4) is 0 Å². The van der Waals surface area contributed by atoms with E-state index in [0.29, 0.717) is 12.5 Å². The number of carbonyl (C=O) groups excluding carboxylic acids is 1. The van der Waals surface area contributed by atoms with Gasteiger partial charge in [0, 0.05) is 17.4 Å². The maximum atomic E-state index is 12.3. The number of para-hydroxylation sites is 1. The molecular formula is C22H30N2O2. The molecule has 2 N–H and O–H groups in total. The molecule has 26 heavy (non-hydrogen) atoms. The summed E-state index contributed by atoms with van der Waals surface area (Å²) in [7, 11) is 0. The molecule has 0 radical (unpaired) electrons. The Kier molecular flexibility index (Phi) is 7.52. The average molecular weight is 354 g/mol. The molecule has 0 bridgehead atoms. The number of ether oxygens (including phenoxy) is 1. The molecule has 0 spiro atoms. The van der Waals surface area contributed by atoms with Gasteiger partial charge in [-0.2, -0.15) is 0 Å². The largest absolute Gasteiger partial charge is 0.494 e. The van der Waals surface area contributed by atoms with Crippen LogP contribution >= 0.6 is 0 Å². The average Bonchev–Trinajstić information content (AvgIpc) is 2.60. The fraction of sp³-hybridized carbons (Fsp3) is 0.409. The first-order valence-corrected chi connectivity index (χ1v) is 9.34. The molecule has 1 amide bonds. The molecule has 0 aromatic heterocycles. The van der Waals surface area contributed by atoms with Gasteiger partial charge in [-0.15, -0.1) is 0 Å². The lowest BCUT2D eigenvalue weighted by Gasteiger charge is -2.14. The highest BCUT2D eigenvalue weighted by Crippen LogP contribution is 2.21. The Morgan fingerprint density at radius 3 is 2.65 bits per heavy atom. The lowest BCUT2D eigenvalue weighted by Crippen LogP contribution is -2.22. The van der Waals surface area contributed by atoms with Crippen molar-refractivity contribution in [3.63, 3.8) is 0 Å². The van der Waals surface area contributed by atoms with Gasteiger partial charge in [0.15, 0.2) is 0 Å². The summed E-state index contributed by atoms with van der Waals surface area (Å²) in [5.74, 6) is 1.32. The number of nitrogens with one attached hydrogen (secondary N) is 2. The van der Waals surface area contributed by atoms with Gasteiger partial charge in [0.1, 0.15) is 5.75 Å². The van der Waals surface area contributed by atoms with Crippen LogP contribution in [0.2, 0.25) is 0 Å². The first kappa shape index (κ1) is 19.8. The van der Waals surface area contributed by atoms with E-state index in [1.807, 2.05) is 30.3 Å². The third-order valence-corrected chi connectivity index (χ3v) is 4.25. The molecule has 0 aliphatic heterocycles. The quantitative estimate of drug-likeness (QED) is 0.664. The fourth-order valence-electron chi connectivity index (χ4n) is 2.73. The number of carbonyl (C=O) groups is 1. The number of aryl methyl sites for hydroxylation is 2. The van der Waals surface area contributed by atoms with Crippen molar-refractivity contribution in [3.05, 3.63) is 53.6 Å². The van der Waals surface area contributed by atoms with E-state index in [1.54, 1.807) is 0 Å². The summed E-state index contributed by atoms with van der Waals surface area (Å²) in [4.78, 5) is 12.3. The highest BCUT2D eigenvalue weighted by molar-refractivity contribution is 5.94. The molecule has 0 saturated heterocycles. The van der Waals surface area contributed by atoms with Crippen molar-refractivity contribution in [1.29, 1.82) is 0 Å². The molecule has 4 heteroatoms. The molecule has 0 fully saturated rings. The van der Waals surface area contributed by atoms with Crippen molar-refractivity contribution in [3.8, 4) is 5.75 Å². The Morgan fingerprint density at radius 1 is 1.15 bits per heavy atom. The predicted octanol–water partition coefficient (Wildman–Crippen LogP) is 5.03. The van der Waals surface area contributed by atoms with Gasteiger partial charge < -0.3 is 15.4 Å². The first-order chi connectivity index (χ1) is 12.5. The molecule has 2 aromatic carbocycles. The minimum atomic E-state index is -0.0744. The Balaban J connectivity index is 1.90. The van der Waals surface area contributed by atoms with Crippen LogP contribution < -0.4 is 15.4 Å². The molecule has 2 rings (SSSR count). The molecule has 4 nitrogen and oxygen atoms in total. The van der Waals surface area contributed by atoms with E-state index in [0.717, 1.165) is 35.5 Å².